The molecule has 132 valence electrons. The predicted octanol–water partition coefficient (Wildman–Crippen LogP) is 6.60. The lowest BCUT2D eigenvalue weighted by Gasteiger charge is -2.51. The second kappa shape index (κ2) is 5.47. The van der Waals surface area contributed by atoms with E-state index in [0.717, 1.165) is 11.8 Å². The van der Waals surface area contributed by atoms with Crippen LogP contribution in [0.15, 0.2) is 30.3 Å². The van der Waals surface area contributed by atoms with E-state index in [1.54, 1.807) is 18.2 Å². The Hall–Kier alpha value is -1.58. The van der Waals surface area contributed by atoms with Crippen molar-refractivity contribution in [2.45, 2.75) is 60.1 Å². The summed E-state index contributed by atoms with van der Waals surface area (Å²) in [5.41, 5.74) is 0.0763. The minimum atomic E-state index is -4.37. The Balaban J connectivity index is 2.76. The van der Waals surface area contributed by atoms with Crippen LogP contribution < -0.4 is 0 Å². The van der Waals surface area contributed by atoms with E-state index in [9.17, 15) is 13.2 Å². The predicted molar refractivity (Wildman–Crippen MR) is 93.0 cm³/mol. The van der Waals surface area contributed by atoms with Crippen molar-refractivity contribution in [1.82, 2.24) is 4.98 Å². The maximum Gasteiger partial charge on any atom is 0.417 e. The molecular weight excluding hydrogens is 311 g/mol. The number of rotatable bonds is 1. The Morgan fingerprint density at radius 2 is 1.29 bits per heavy atom. The molecule has 0 saturated carbocycles. The van der Waals surface area contributed by atoms with Crippen LogP contribution in [0.2, 0.25) is 0 Å². The molecule has 2 rings (SSSR count). The molecular formula is C20H26F3N. The molecule has 1 heterocycles. The molecule has 1 nitrogen and oxygen atoms in total. The van der Waals surface area contributed by atoms with Gasteiger partial charge in [0, 0.05) is 16.5 Å². The molecule has 0 amide bonds. The highest BCUT2D eigenvalue weighted by Gasteiger charge is 2.49. The Morgan fingerprint density at radius 1 is 0.750 bits per heavy atom. The fourth-order valence-corrected chi connectivity index (χ4v) is 3.57. The van der Waals surface area contributed by atoms with Gasteiger partial charge in [0.2, 0.25) is 0 Å². The average Bonchev–Trinajstić information content (AvgIpc) is 2.41. The molecule has 0 fully saturated rings. The summed E-state index contributed by atoms with van der Waals surface area (Å²) in [5, 5.41) is 0.152. The lowest BCUT2D eigenvalue weighted by molar-refractivity contribution is -0.136. The number of nitrogens with zero attached hydrogens (tertiary/aromatic N) is 1. The molecule has 0 aliphatic carbocycles. The van der Waals surface area contributed by atoms with Gasteiger partial charge in [-0.05, 0) is 29.0 Å². The zero-order valence-corrected chi connectivity index (χ0v) is 15.5. The van der Waals surface area contributed by atoms with E-state index in [2.05, 4.69) is 53.5 Å². The normalized spacial score (nSPS) is 14.2. The molecule has 1 aromatic carbocycles. The summed E-state index contributed by atoms with van der Waals surface area (Å²) in [6, 6.07) is 7.51. The summed E-state index contributed by atoms with van der Waals surface area (Å²) in [7, 11) is 0. The third-order valence-corrected chi connectivity index (χ3v) is 5.55. The molecule has 4 heteroatoms. The third-order valence-electron chi connectivity index (χ3n) is 5.55. The molecule has 1 aromatic heterocycles. The molecule has 0 atom stereocenters. The van der Waals surface area contributed by atoms with Crippen LogP contribution in [0.4, 0.5) is 13.2 Å². The Labute approximate surface area is 142 Å². The van der Waals surface area contributed by atoms with Crippen molar-refractivity contribution in [1.29, 1.82) is 0 Å². The van der Waals surface area contributed by atoms with Gasteiger partial charge in [0.05, 0.1) is 11.1 Å². The van der Waals surface area contributed by atoms with Crippen molar-refractivity contribution in [3.05, 3.63) is 41.6 Å². The third kappa shape index (κ3) is 2.91. The van der Waals surface area contributed by atoms with Crippen molar-refractivity contribution in [3.63, 3.8) is 0 Å². The average molecular weight is 337 g/mol. The van der Waals surface area contributed by atoms with Crippen LogP contribution in [0.25, 0.3) is 10.9 Å². The Morgan fingerprint density at radius 3 is 1.75 bits per heavy atom. The minimum absolute atomic E-state index is 0.104. The summed E-state index contributed by atoms with van der Waals surface area (Å²) < 4.78 is 39.6. The molecule has 0 radical (unpaired) electrons. The summed E-state index contributed by atoms with van der Waals surface area (Å²) in [6.45, 7) is 15.0. The molecule has 24 heavy (non-hydrogen) atoms. The second-order valence-electron chi connectivity index (χ2n) is 8.69. The van der Waals surface area contributed by atoms with E-state index in [4.69, 9.17) is 0 Å². The van der Waals surface area contributed by atoms with Gasteiger partial charge in [-0.2, -0.15) is 13.2 Å². The topological polar surface area (TPSA) is 12.9 Å². The van der Waals surface area contributed by atoms with Crippen molar-refractivity contribution < 1.29 is 13.2 Å². The van der Waals surface area contributed by atoms with E-state index in [1.165, 1.54) is 6.07 Å². The number of fused-ring (bicyclic) bond motifs is 1. The molecule has 0 N–H and O–H groups in total. The van der Waals surface area contributed by atoms with Gasteiger partial charge in [-0.25, -0.2) is 0 Å². The lowest BCUT2D eigenvalue weighted by atomic mass is 9.53. The highest BCUT2D eigenvalue weighted by Crippen LogP contribution is 2.52. The number of benzene rings is 1. The van der Waals surface area contributed by atoms with Gasteiger partial charge >= 0.3 is 6.18 Å². The number of pyridine rings is 1. The maximum atomic E-state index is 13.2. The van der Waals surface area contributed by atoms with Crippen LogP contribution in [-0.4, -0.2) is 4.98 Å². The number of hydrogen-bond acceptors (Lipinski definition) is 1. The van der Waals surface area contributed by atoms with E-state index in [1.807, 2.05) is 0 Å². The fourth-order valence-electron chi connectivity index (χ4n) is 3.57. The molecule has 0 unspecified atom stereocenters. The molecule has 0 aliphatic rings. The van der Waals surface area contributed by atoms with E-state index < -0.39 is 11.7 Å². The molecule has 0 bridgehead atoms. The first-order chi connectivity index (χ1) is 10.7. The summed E-state index contributed by atoms with van der Waals surface area (Å²) in [6.07, 6.45) is -4.37. The Kier molecular flexibility index (Phi) is 4.27. The number of alkyl halides is 3. The quantitative estimate of drug-likeness (QED) is 0.571. The van der Waals surface area contributed by atoms with Gasteiger partial charge in [0.1, 0.15) is 0 Å². The van der Waals surface area contributed by atoms with Crippen LogP contribution in [0, 0.1) is 10.8 Å². The van der Waals surface area contributed by atoms with Gasteiger partial charge in [-0.3, -0.25) is 4.98 Å². The highest BCUT2D eigenvalue weighted by molar-refractivity contribution is 5.83. The highest BCUT2D eigenvalue weighted by atomic mass is 19.4. The van der Waals surface area contributed by atoms with Crippen molar-refractivity contribution in [3.8, 4) is 0 Å². The minimum Gasteiger partial charge on any atom is -0.252 e. The second-order valence-corrected chi connectivity index (χ2v) is 8.69. The van der Waals surface area contributed by atoms with E-state index in [-0.39, 0.29) is 21.6 Å². The summed E-state index contributed by atoms with van der Waals surface area (Å²) in [4.78, 5) is 4.65. The van der Waals surface area contributed by atoms with E-state index in [0.29, 0.717) is 5.52 Å². The standard InChI is InChI=1S/C20H26F3N/c1-17(2,3)19(7,18(4,5)6)16-12-11-13-14(20(21,22)23)9-8-10-15(13)24-16/h8-12H,1-7H3. The number of aromatic nitrogens is 1. The van der Waals surface area contributed by atoms with Crippen molar-refractivity contribution in [2.75, 3.05) is 0 Å². The van der Waals surface area contributed by atoms with Crippen LogP contribution in [0.5, 0.6) is 0 Å². The molecule has 0 spiro atoms. The van der Waals surface area contributed by atoms with Crippen molar-refractivity contribution in [2.24, 2.45) is 10.8 Å². The Bertz CT molecular complexity index is 732. The number of hydrogen-bond donors (Lipinski definition) is 0. The zero-order chi connectivity index (χ0) is 18.6. The van der Waals surface area contributed by atoms with E-state index >= 15 is 0 Å². The van der Waals surface area contributed by atoms with Gasteiger partial charge in [0.15, 0.2) is 0 Å². The zero-order valence-electron chi connectivity index (χ0n) is 15.5. The van der Waals surface area contributed by atoms with Gasteiger partial charge in [-0.15, -0.1) is 0 Å². The largest absolute Gasteiger partial charge is 0.417 e. The van der Waals surface area contributed by atoms with Crippen molar-refractivity contribution >= 4 is 10.9 Å². The van der Waals surface area contributed by atoms with Crippen LogP contribution in [0.3, 0.4) is 0 Å². The summed E-state index contributed by atoms with van der Waals surface area (Å²) >= 11 is 0. The maximum absolute atomic E-state index is 13.2. The summed E-state index contributed by atoms with van der Waals surface area (Å²) in [5.74, 6) is 0. The molecule has 2 aromatic rings. The van der Waals surface area contributed by atoms with Gasteiger partial charge in [-0.1, -0.05) is 60.6 Å². The first-order valence-corrected chi connectivity index (χ1v) is 8.17. The fraction of sp³-hybridized carbons (Fsp3) is 0.550. The van der Waals surface area contributed by atoms with Gasteiger partial charge in [0.25, 0.3) is 0 Å². The smallest absolute Gasteiger partial charge is 0.252 e. The first kappa shape index (κ1) is 18.8. The monoisotopic (exact) mass is 337 g/mol. The first-order valence-electron chi connectivity index (χ1n) is 8.17. The van der Waals surface area contributed by atoms with Crippen LogP contribution >= 0.6 is 0 Å². The SMILES string of the molecule is CC(C)(C)C(C)(c1ccc2c(C(F)(F)F)cccc2n1)C(C)(C)C. The number of halogens is 3. The molecule has 0 saturated heterocycles. The van der Waals surface area contributed by atoms with Gasteiger partial charge < -0.3 is 0 Å². The lowest BCUT2D eigenvalue weighted by Crippen LogP contribution is -2.48. The molecule has 0 aliphatic heterocycles. The van der Waals surface area contributed by atoms with Crippen LogP contribution in [0.1, 0.15) is 59.7 Å². The van der Waals surface area contributed by atoms with Crippen LogP contribution in [-0.2, 0) is 11.6 Å².